The van der Waals surface area contributed by atoms with Crippen molar-refractivity contribution in [3.05, 3.63) is 60.7 Å². The summed E-state index contributed by atoms with van der Waals surface area (Å²) in [5.74, 6) is -0.0893. The highest BCUT2D eigenvalue weighted by molar-refractivity contribution is 6.99. The number of benzene rings is 2. The van der Waals surface area contributed by atoms with Crippen molar-refractivity contribution in [1.29, 1.82) is 0 Å². The Labute approximate surface area is 212 Å². The Morgan fingerprint density at radius 2 is 1.60 bits per heavy atom. The van der Waals surface area contributed by atoms with Crippen molar-refractivity contribution in [2.45, 2.75) is 95.7 Å². The highest BCUT2D eigenvalue weighted by atomic mass is 28.4. The van der Waals surface area contributed by atoms with Crippen LogP contribution in [-0.4, -0.2) is 39.2 Å². The van der Waals surface area contributed by atoms with Crippen LogP contribution in [0.4, 0.5) is 0 Å². The van der Waals surface area contributed by atoms with Gasteiger partial charge in [0.2, 0.25) is 0 Å². The van der Waals surface area contributed by atoms with E-state index in [-0.39, 0.29) is 17.2 Å². The van der Waals surface area contributed by atoms with E-state index < -0.39 is 14.1 Å². The number of aldehydes is 1. The Hall–Kier alpha value is -1.79. The van der Waals surface area contributed by atoms with Crippen LogP contribution < -0.4 is 10.4 Å². The molecular weight excluding hydrogens is 452 g/mol. The Bertz CT molecular complexity index is 902. The van der Waals surface area contributed by atoms with E-state index in [1.807, 2.05) is 0 Å². The molecule has 2 aromatic rings. The van der Waals surface area contributed by atoms with Gasteiger partial charge in [-0.25, -0.2) is 0 Å². The van der Waals surface area contributed by atoms with Crippen LogP contribution >= 0.6 is 0 Å². The fraction of sp³-hybridized carbons (Fsp3) is 0.567. The highest BCUT2D eigenvalue weighted by Crippen LogP contribution is 2.42. The van der Waals surface area contributed by atoms with Gasteiger partial charge in [-0.3, -0.25) is 0 Å². The number of carbonyl (C=O) groups is 1. The van der Waals surface area contributed by atoms with E-state index in [1.54, 1.807) is 0 Å². The smallest absolute Gasteiger partial charge is 0.261 e. The van der Waals surface area contributed by atoms with Gasteiger partial charge in [0.15, 0.2) is 5.79 Å². The monoisotopic (exact) mass is 494 g/mol. The predicted molar refractivity (Wildman–Crippen MR) is 144 cm³/mol. The molecule has 0 radical (unpaired) electrons. The maximum absolute atomic E-state index is 11.4. The molecule has 35 heavy (non-hydrogen) atoms. The lowest BCUT2D eigenvalue weighted by molar-refractivity contribution is -0.317. The summed E-state index contributed by atoms with van der Waals surface area (Å²) in [6.07, 6.45) is 7.27. The Morgan fingerprint density at radius 3 is 2.17 bits per heavy atom. The molecule has 0 aliphatic carbocycles. The van der Waals surface area contributed by atoms with Gasteiger partial charge >= 0.3 is 0 Å². The molecule has 2 fully saturated rings. The first kappa shape index (κ1) is 26.3. The molecular formula is C30H42O4Si. The second-order valence-electron chi connectivity index (χ2n) is 11.4. The largest absolute Gasteiger partial charge is 0.407 e. The van der Waals surface area contributed by atoms with Crippen LogP contribution in [0.5, 0.6) is 0 Å². The standard InChI is InChI=1S/C30H42O4Si/c1-24-19-21-30(20-11-13-25(23-31)33-30)34-28(24)18-12-22-32-35(29(2,3)4,26-14-7-5-8-15-26)27-16-9-6-10-17-27/h5-10,14-17,23-25,28H,11-13,18-22H2,1-4H3/t24-,25-,28+,30-/m0/s1. The molecule has 4 atom stereocenters. The minimum Gasteiger partial charge on any atom is -0.407 e. The van der Waals surface area contributed by atoms with Gasteiger partial charge in [0.25, 0.3) is 8.32 Å². The third-order valence-electron chi connectivity index (χ3n) is 7.91. The Kier molecular flexibility index (Phi) is 8.32. The summed E-state index contributed by atoms with van der Waals surface area (Å²) in [7, 11) is -2.51. The number of hydrogen-bond donors (Lipinski definition) is 0. The van der Waals surface area contributed by atoms with E-state index in [9.17, 15) is 4.79 Å². The third kappa shape index (κ3) is 5.64. The molecule has 2 aliphatic rings. The lowest BCUT2D eigenvalue weighted by Gasteiger charge is -2.47. The zero-order chi connectivity index (χ0) is 24.9. The molecule has 0 saturated carbocycles. The summed E-state index contributed by atoms with van der Waals surface area (Å²) < 4.78 is 19.8. The number of hydrogen-bond acceptors (Lipinski definition) is 4. The van der Waals surface area contributed by atoms with Gasteiger partial charge < -0.3 is 18.7 Å². The topological polar surface area (TPSA) is 44.8 Å². The van der Waals surface area contributed by atoms with Crippen LogP contribution in [0.2, 0.25) is 5.04 Å². The molecule has 0 bridgehead atoms. The molecule has 2 aliphatic heterocycles. The Balaban J connectivity index is 1.48. The average molecular weight is 495 g/mol. The predicted octanol–water partition coefficient (Wildman–Crippen LogP) is 5.62. The normalized spacial score (nSPS) is 27.6. The van der Waals surface area contributed by atoms with Gasteiger partial charge in [0, 0.05) is 19.4 Å². The van der Waals surface area contributed by atoms with Gasteiger partial charge in [-0.2, -0.15) is 0 Å². The molecule has 4 rings (SSSR count). The first-order valence-corrected chi connectivity index (χ1v) is 15.3. The molecule has 2 aromatic carbocycles. The molecule has 2 heterocycles. The van der Waals surface area contributed by atoms with Crippen molar-refractivity contribution in [2.24, 2.45) is 5.92 Å². The summed E-state index contributed by atoms with van der Waals surface area (Å²) in [6.45, 7) is 9.93. The molecule has 5 heteroatoms. The van der Waals surface area contributed by atoms with Crippen molar-refractivity contribution in [2.75, 3.05) is 6.61 Å². The lowest BCUT2D eigenvalue weighted by atomic mass is 9.86. The quantitative estimate of drug-likeness (QED) is 0.271. The molecule has 0 amide bonds. The van der Waals surface area contributed by atoms with Crippen LogP contribution in [0.3, 0.4) is 0 Å². The number of ether oxygens (including phenoxy) is 2. The van der Waals surface area contributed by atoms with Crippen LogP contribution in [0.15, 0.2) is 60.7 Å². The van der Waals surface area contributed by atoms with Crippen molar-refractivity contribution < 1.29 is 18.7 Å². The van der Waals surface area contributed by atoms with Gasteiger partial charge in [-0.15, -0.1) is 0 Å². The van der Waals surface area contributed by atoms with Crippen LogP contribution in [0.1, 0.15) is 72.6 Å². The molecule has 1 spiro atoms. The van der Waals surface area contributed by atoms with Crippen LogP contribution in [-0.2, 0) is 18.7 Å². The van der Waals surface area contributed by atoms with Gasteiger partial charge in [0.05, 0.1) is 6.10 Å². The summed E-state index contributed by atoms with van der Waals surface area (Å²) in [6, 6.07) is 21.6. The highest BCUT2D eigenvalue weighted by Gasteiger charge is 2.50. The fourth-order valence-corrected chi connectivity index (χ4v) is 10.6. The summed E-state index contributed by atoms with van der Waals surface area (Å²) in [5, 5.41) is 2.61. The number of carbonyl (C=O) groups excluding carboxylic acids is 1. The molecule has 0 N–H and O–H groups in total. The first-order chi connectivity index (χ1) is 16.8. The summed E-state index contributed by atoms with van der Waals surface area (Å²) in [4.78, 5) is 11.4. The van der Waals surface area contributed by atoms with E-state index in [0.29, 0.717) is 12.5 Å². The first-order valence-electron chi connectivity index (χ1n) is 13.4. The van der Waals surface area contributed by atoms with Crippen LogP contribution in [0.25, 0.3) is 0 Å². The van der Waals surface area contributed by atoms with Gasteiger partial charge in [0.1, 0.15) is 12.4 Å². The summed E-state index contributed by atoms with van der Waals surface area (Å²) >= 11 is 0. The third-order valence-corrected chi connectivity index (χ3v) is 13.0. The van der Waals surface area contributed by atoms with Crippen LogP contribution in [0, 0.1) is 5.92 Å². The van der Waals surface area contributed by atoms with E-state index in [0.717, 1.165) is 51.2 Å². The molecule has 2 saturated heterocycles. The van der Waals surface area contributed by atoms with Crippen molar-refractivity contribution >= 4 is 25.0 Å². The minimum atomic E-state index is -2.51. The zero-order valence-corrected chi connectivity index (χ0v) is 22.9. The molecule has 0 unspecified atom stereocenters. The Morgan fingerprint density at radius 1 is 0.971 bits per heavy atom. The maximum Gasteiger partial charge on any atom is 0.261 e. The maximum atomic E-state index is 11.4. The fourth-order valence-electron chi connectivity index (χ4n) is 6.03. The molecule has 0 aromatic heterocycles. The van der Waals surface area contributed by atoms with E-state index in [2.05, 4.69) is 88.4 Å². The summed E-state index contributed by atoms with van der Waals surface area (Å²) in [5.41, 5.74) is 0. The lowest BCUT2D eigenvalue weighted by Crippen LogP contribution is -2.66. The second kappa shape index (κ2) is 11.1. The average Bonchev–Trinajstić information content (AvgIpc) is 2.86. The zero-order valence-electron chi connectivity index (χ0n) is 21.9. The van der Waals surface area contributed by atoms with Gasteiger partial charge in [-0.05, 0) is 53.4 Å². The SMILES string of the molecule is C[C@H]1CC[C@]2(CCC[C@@H](C=O)O2)O[C@@H]1CCCO[Si](c1ccccc1)(c1ccccc1)C(C)(C)C. The minimum absolute atomic E-state index is 0.0197. The molecule has 190 valence electrons. The van der Waals surface area contributed by atoms with E-state index in [4.69, 9.17) is 13.9 Å². The molecule has 4 nitrogen and oxygen atoms in total. The van der Waals surface area contributed by atoms with E-state index in [1.165, 1.54) is 10.4 Å². The number of rotatable bonds is 8. The van der Waals surface area contributed by atoms with Crippen molar-refractivity contribution in [3.8, 4) is 0 Å². The van der Waals surface area contributed by atoms with Gasteiger partial charge in [-0.1, -0.05) is 88.4 Å². The second-order valence-corrected chi connectivity index (χ2v) is 15.7. The van der Waals surface area contributed by atoms with E-state index >= 15 is 0 Å². The van der Waals surface area contributed by atoms with Crippen molar-refractivity contribution in [3.63, 3.8) is 0 Å². The van der Waals surface area contributed by atoms with Crippen molar-refractivity contribution in [1.82, 2.24) is 0 Å².